The first-order valence-electron chi connectivity index (χ1n) is 7.42. The molecule has 0 aliphatic heterocycles. The summed E-state index contributed by atoms with van der Waals surface area (Å²) in [6.45, 7) is 7.69. The smallest absolute Gasteiger partial charge is 0.122 e. The summed E-state index contributed by atoms with van der Waals surface area (Å²) in [7, 11) is 3.42. The molecule has 3 nitrogen and oxygen atoms in total. The maximum Gasteiger partial charge on any atom is 0.122 e. The molecule has 114 valence electrons. The quantitative estimate of drug-likeness (QED) is 0.734. The molecule has 1 aromatic rings. The van der Waals surface area contributed by atoms with Crippen molar-refractivity contribution in [3.63, 3.8) is 0 Å². The standard InChI is InChI=1S/C17H29NO2/c1-17(2,3)18-12-8-6-7-9-14-13-15(19-4)10-11-16(14)20-5/h10-11,13,18H,6-9,12H2,1-5H3. The summed E-state index contributed by atoms with van der Waals surface area (Å²) in [5.74, 6) is 1.86. The number of aryl methyl sites for hydroxylation is 1. The molecule has 20 heavy (non-hydrogen) atoms. The first-order chi connectivity index (χ1) is 9.46. The predicted octanol–water partition coefficient (Wildman–Crippen LogP) is 3.80. The maximum atomic E-state index is 5.40. The number of nitrogens with one attached hydrogen (secondary N) is 1. The summed E-state index contributed by atoms with van der Waals surface area (Å²) < 4.78 is 10.7. The van der Waals surface area contributed by atoms with E-state index in [1.165, 1.54) is 24.8 Å². The van der Waals surface area contributed by atoms with Gasteiger partial charge in [0.25, 0.3) is 0 Å². The summed E-state index contributed by atoms with van der Waals surface area (Å²) in [5, 5.41) is 3.52. The van der Waals surface area contributed by atoms with Gasteiger partial charge in [0.2, 0.25) is 0 Å². The van der Waals surface area contributed by atoms with Gasteiger partial charge in [0.1, 0.15) is 11.5 Å². The maximum absolute atomic E-state index is 5.40. The molecular formula is C17H29NO2. The van der Waals surface area contributed by atoms with Crippen molar-refractivity contribution in [1.29, 1.82) is 0 Å². The average molecular weight is 279 g/mol. The molecule has 0 aromatic heterocycles. The van der Waals surface area contributed by atoms with Crippen LogP contribution < -0.4 is 14.8 Å². The van der Waals surface area contributed by atoms with Gasteiger partial charge in [-0.25, -0.2) is 0 Å². The van der Waals surface area contributed by atoms with Crippen LogP contribution in [0.2, 0.25) is 0 Å². The van der Waals surface area contributed by atoms with E-state index in [1.807, 2.05) is 12.1 Å². The van der Waals surface area contributed by atoms with Crippen molar-refractivity contribution in [2.24, 2.45) is 0 Å². The Balaban J connectivity index is 2.34. The van der Waals surface area contributed by atoms with Crippen LogP contribution in [0.5, 0.6) is 11.5 Å². The van der Waals surface area contributed by atoms with Gasteiger partial charge in [-0.1, -0.05) is 6.42 Å². The second-order valence-corrected chi connectivity index (χ2v) is 6.17. The number of hydrogen-bond donors (Lipinski definition) is 1. The summed E-state index contributed by atoms with van der Waals surface area (Å²) in [5.41, 5.74) is 1.45. The summed E-state index contributed by atoms with van der Waals surface area (Å²) >= 11 is 0. The van der Waals surface area contributed by atoms with Gasteiger partial charge in [0, 0.05) is 5.54 Å². The van der Waals surface area contributed by atoms with E-state index in [9.17, 15) is 0 Å². The Kier molecular flexibility index (Phi) is 6.86. The number of unbranched alkanes of at least 4 members (excludes halogenated alkanes) is 2. The molecule has 0 unspecified atom stereocenters. The zero-order valence-corrected chi connectivity index (χ0v) is 13.6. The van der Waals surface area contributed by atoms with Crippen LogP contribution in [-0.4, -0.2) is 26.3 Å². The van der Waals surface area contributed by atoms with Gasteiger partial charge in [-0.15, -0.1) is 0 Å². The zero-order valence-electron chi connectivity index (χ0n) is 13.6. The van der Waals surface area contributed by atoms with E-state index in [2.05, 4.69) is 32.2 Å². The minimum atomic E-state index is 0.218. The van der Waals surface area contributed by atoms with Crippen molar-refractivity contribution in [3.8, 4) is 11.5 Å². The molecule has 3 heteroatoms. The van der Waals surface area contributed by atoms with Gasteiger partial charge >= 0.3 is 0 Å². The fourth-order valence-corrected chi connectivity index (χ4v) is 2.16. The van der Waals surface area contributed by atoms with Crippen LogP contribution >= 0.6 is 0 Å². The third kappa shape index (κ3) is 6.29. The molecular weight excluding hydrogens is 250 g/mol. The summed E-state index contributed by atoms with van der Waals surface area (Å²) in [4.78, 5) is 0. The Labute approximate surface area is 123 Å². The van der Waals surface area contributed by atoms with Gasteiger partial charge in [-0.2, -0.15) is 0 Å². The summed E-state index contributed by atoms with van der Waals surface area (Å²) in [6.07, 6.45) is 4.65. The van der Waals surface area contributed by atoms with Crippen molar-refractivity contribution in [1.82, 2.24) is 5.32 Å². The number of hydrogen-bond acceptors (Lipinski definition) is 3. The average Bonchev–Trinajstić information content (AvgIpc) is 2.41. The topological polar surface area (TPSA) is 30.5 Å². The van der Waals surface area contributed by atoms with Crippen LogP contribution in [0.1, 0.15) is 45.6 Å². The van der Waals surface area contributed by atoms with Gasteiger partial charge < -0.3 is 14.8 Å². The van der Waals surface area contributed by atoms with Crippen molar-refractivity contribution in [2.75, 3.05) is 20.8 Å². The fourth-order valence-electron chi connectivity index (χ4n) is 2.16. The highest BCUT2D eigenvalue weighted by molar-refractivity contribution is 5.40. The molecule has 0 spiro atoms. The van der Waals surface area contributed by atoms with Gasteiger partial charge in [-0.3, -0.25) is 0 Å². The van der Waals surface area contributed by atoms with Crippen molar-refractivity contribution < 1.29 is 9.47 Å². The molecule has 1 rings (SSSR count). The zero-order chi connectivity index (χ0) is 15.0. The molecule has 0 bridgehead atoms. The minimum Gasteiger partial charge on any atom is -0.497 e. The molecule has 0 radical (unpaired) electrons. The summed E-state index contributed by atoms with van der Waals surface area (Å²) in [6, 6.07) is 6.00. The van der Waals surface area contributed by atoms with E-state index in [1.54, 1.807) is 14.2 Å². The fraction of sp³-hybridized carbons (Fsp3) is 0.647. The van der Waals surface area contributed by atoms with Crippen molar-refractivity contribution in [3.05, 3.63) is 23.8 Å². The number of rotatable bonds is 8. The Morgan fingerprint density at radius 1 is 1.00 bits per heavy atom. The first-order valence-corrected chi connectivity index (χ1v) is 7.42. The molecule has 1 N–H and O–H groups in total. The number of benzene rings is 1. The molecule has 0 fully saturated rings. The van der Waals surface area contributed by atoms with E-state index in [4.69, 9.17) is 9.47 Å². The third-order valence-electron chi connectivity index (χ3n) is 3.27. The second-order valence-electron chi connectivity index (χ2n) is 6.17. The lowest BCUT2D eigenvalue weighted by Gasteiger charge is -2.20. The Morgan fingerprint density at radius 3 is 2.35 bits per heavy atom. The highest BCUT2D eigenvalue weighted by atomic mass is 16.5. The molecule has 0 aliphatic rings. The van der Waals surface area contributed by atoms with E-state index >= 15 is 0 Å². The highest BCUT2D eigenvalue weighted by Crippen LogP contribution is 2.25. The lowest BCUT2D eigenvalue weighted by molar-refractivity contribution is 0.397. The lowest BCUT2D eigenvalue weighted by atomic mass is 10.0. The largest absolute Gasteiger partial charge is 0.497 e. The van der Waals surface area contributed by atoms with E-state index < -0.39 is 0 Å². The Morgan fingerprint density at radius 2 is 1.75 bits per heavy atom. The lowest BCUT2D eigenvalue weighted by Crippen LogP contribution is -2.36. The Bertz CT molecular complexity index is 396. The van der Waals surface area contributed by atoms with Crippen LogP contribution in [0.15, 0.2) is 18.2 Å². The van der Waals surface area contributed by atoms with E-state index in [0.29, 0.717) is 0 Å². The third-order valence-corrected chi connectivity index (χ3v) is 3.27. The number of methoxy groups -OCH3 is 2. The second kappa shape index (κ2) is 8.15. The van der Waals surface area contributed by atoms with E-state index in [0.717, 1.165) is 24.5 Å². The monoisotopic (exact) mass is 279 g/mol. The van der Waals surface area contributed by atoms with Crippen LogP contribution in [0.4, 0.5) is 0 Å². The molecule has 0 atom stereocenters. The van der Waals surface area contributed by atoms with Crippen LogP contribution in [0.25, 0.3) is 0 Å². The molecule has 0 saturated heterocycles. The molecule has 0 aliphatic carbocycles. The predicted molar refractivity (Wildman–Crippen MR) is 84.9 cm³/mol. The van der Waals surface area contributed by atoms with Crippen LogP contribution in [-0.2, 0) is 6.42 Å². The first kappa shape index (κ1) is 16.8. The minimum absolute atomic E-state index is 0.218. The SMILES string of the molecule is COc1ccc(OC)c(CCCCCNC(C)(C)C)c1. The van der Waals surface area contributed by atoms with Gasteiger partial charge in [-0.05, 0) is 70.3 Å². The number of ether oxygens (including phenoxy) is 2. The Hall–Kier alpha value is -1.22. The van der Waals surface area contributed by atoms with Crippen molar-refractivity contribution in [2.45, 2.75) is 52.0 Å². The van der Waals surface area contributed by atoms with Crippen LogP contribution in [0, 0.1) is 0 Å². The van der Waals surface area contributed by atoms with E-state index in [-0.39, 0.29) is 5.54 Å². The van der Waals surface area contributed by atoms with Crippen molar-refractivity contribution >= 4 is 0 Å². The van der Waals surface area contributed by atoms with Gasteiger partial charge in [0.05, 0.1) is 14.2 Å². The molecule has 0 amide bonds. The highest BCUT2D eigenvalue weighted by Gasteiger charge is 2.08. The molecule has 0 saturated carbocycles. The normalized spacial score (nSPS) is 11.4. The molecule has 0 heterocycles. The van der Waals surface area contributed by atoms with Gasteiger partial charge in [0.15, 0.2) is 0 Å². The molecule has 1 aromatic carbocycles. The van der Waals surface area contributed by atoms with Crippen LogP contribution in [0.3, 0.4) is 0 Å².